The molecule has 26 heavy (non-hydrogen) atoms. The molecule has 0 saturated carbocycles. The number of carbonyl (C=O) groups is 1. The number of aromatic nitrogens is 4. The summed E-state index contributed by atoms with van der Waals surface area (Å²) in [5.41, 5.74) is 1.07. The van der Waals surface area contributed by atoms with E-state index in [2.05, 4.69) is 15.5 Å². The zero-order chi connectivity index (χ0) is 19.5. The molecule has 1 amide bonds. The highest BCUT2D eigenvalue weighted by molar-refractivity contribution is 6.31. The van der Waals surface area contributed by atoms with E-state index in [4.69, 9.17) is 11.6 Å². The zero-order valence-electron chi connectivity index (χ0n) is 14.8. The lowest BCUT2D eigenvalue weighted by atomic mass is 10.3. The molecular weight excluding hydrogens is 371 g/mol. The molecule has 0 aromatic carbocycles. The van der Waals surface area contributed by atoms with Gasteiger partial charge in [0.1, 0.15) is 0 Å². The van der Waals surface area contributed by atoms with Gasteiger partial charge in [0, 0.05) is 25.2 Å². The Morgan fingerprint density at radius 2 is 1.88 bits per heavy atom. The Balaban J connectivity index is 1.78. The number of hydrogen-bond donors (Lipinski definition) is 1. The number of rotatable bonds is 7. The van der Waals surface area contributed by atoms with Crippen LogP contribution in [0.5, 0.6) is 0 Å². The number of carbonyl (C=O) groups excluding carboxylic acids is 1. The maximum Gasteiger partial charge on any atom is 0.436 e. The van der Waals surface area contributed by atoms with Gasteiger partial charge < -0.3 is 5.32 Å². The molecule has 0 saturated heterocycles. The molecule has 0 atom stereocenters. The monoisotopic (exact) mass is 391 g/mol. The van der Waals surface area contributed by atoms with Crippen LogP contribution in [0.15, 0.2) is 6.07 Å². The largest absolute Gasteiger partial charge is 0.436 e. The Bertz CT molecular complexity index is 782. The van der Waals surface area contributed by atoms with E-state index in [1.807, 2.05) is 24.6 Å². The van der Waals surface area contributed by atoms with E-state index >= 15 is 0 Å². The van der Waals surface area contributed by atoms with Crippen LogP contribution < -0.4 is 5.32 Å². The third-order valence-electron chi connectivity index (χ3n) is 3.92. The van der Waals surface area contributed by atoms with Crippen LogP contribution in [0.1, 0.15) is 35.6 Å². The molecule has 0 aliphatic heterocycles. The molecule has 2 aromatic rings. The summed E-state index contributed by atoms with van der Waals surface area (Å²) in [6.07, 6.45) is -3.88. The van der Waals surface area contributed by atoms with E-state index in [9.17, 15) is 18.0 Å². The first kappa shape index (κ1) is 20.3. The average Bonchev–Trinajstić information content (AvgIpc) is 3.01. The van der Waals surface area contributed by atoms with Crippen LogP contribution in [0, 0.1) is 20.8 Å². The van der Waals surface area contributed by atoms with Gasteiger partial charge in [0.2, 0.25) is 5.91 Å². The highest BCUT2D eigenvalue weighted by Crippen LogP contribution is 2.35. The number of nitrogens with one attached hydrogen (secondary N) is 1. The Morgan fingerprint density at radius 3 is 2.42 bits per heavy atom. The molecule has 1 N–H and O–H groups in total. The Labute approximate surface area is 154 Å². The van der Waals surface area contributed by atoms with Crippen molar-refractivity contribution >= 4 is 17.5 Å². The SMILES string of the molecule is Cc1cc(C)n(CCCNC(=O)CCn2nc(C(F)(F)F)c(Cl)c2C)n1. The molecular formula is C16H21ClF3N5O. The van der Waals surface area contributed by atoms with Crippen molar-refractivity contribution in [3.63, 3.8) is 0 Å². The van der Waals surface area contributed by atoms with Crippen molar-refractivity contribution in [2.24, 2.45) is 0 Å². The first-order chi connectivity index (χ1) is 12.1. The number of alkyl halides is 3. The van der Waals surface area contributed by atoms with Crippen molar-refractivity contribution in [1.82, 2.24) is 24.9 Å². The van der Waals surface area contributed by atoms with Crippen molar-refractivity contribution in [3.8, 4) is 0 Å². The second kappa shape index (κ2) is 8.11. The van der Waals surface area contributed by atoms with Gasteiger partial charge in [0.25, 0.3) is 0 Å². The normalized spacial score (nSPS) is 11.8. The lowest BCUT2D eigenvalue weighted by molar-refractivity contribution is -0.141. The third-order valence-corrected chi connectivity index (χ3v) is 4.38. The van der Waals surface area contributed by atoms with E-state index in [0.29, 0.717) is 19.5 Å². The molecule has 144 valence electrons. The van der Waals surface area contributed by atoms with Crippen molar-refractivity contribution in [3.05, 3.63) is 33.9 Å². The fraction of sp³-hybridized carbons (Fsp3) is 0.562. The van der Waals surface area contributed by atoms with E-state index in [1.165, 1.54) is 6.92 Å². The predicted molar refractivity (Wildman–Crippen MR) is 90.9 cm³/mol. The summed E-state index contributed by atoms with van der Waals surface area (Å²) in [6, 6.07) is 1.98. The van der Waals surface area contributed by atoms with Gasteiger partial charge in [0.05, 0.1) is 23.0 Å². The quantitative estimate of drug-likeness (QED) is 0.737. The molecule has 0 aliphatic rings. The molecule has 0 spiro atoms. The van der Waals surface area contributed by atoms with E-state index in [-0.39, 0.29) is 24.6 Å². The Kier molecular flexibility index (Phi) is 6.33. The highest BCUT2D eigenvalue weighted by atomic mass is 35.5. The number of hydrogen-bond acceptors (Lipinski definition) is 3. The highest BCUT2D eigenvalue weighted by Gasteiger charge is 2.38. The van der Waals surface area contributed by atoms with Crippen molar-refractivity contribution < 1.29 is 18.0 Å². The van der Waals surface area contributed by atoms with Gasteiger partial charge in [-0.15, -0.1) is 0 Å². The molecule has 0 radical (unpaired) electrons. The predicted octanol–water partition coefficient (Wildman–Crippen LogP) is 3.27. The maximum absolute atomic E-state index is 12.8. The lowest BCUT2D eigenvalue weighted by Crippen LogP contribution is -2.26. The molecule has 0 unspecified atom stereocenters. The summed E-state index contributed by atoms with van der Waals surface area (Å²) in [5, 5.41) is 10.1. The molecule has 0 bridgehead atoms. The third kappa shape index (κ3) is 5.00. The van der Waals surface area contributed by atoms with Crippen LogP contribution in [0.4, 0.5) is 13.2 Å². The van der Waals surface area contributed by atoms with Crippen LogP contribution in [0.3, 0.4) is 0 Å². The minimum Gasteiger partial charge on any atom is -0.356 e. The summed E-state index contributed by atoms with van der Waals surface area (Å²) in [6.45, 7) is 6.50. The Hall–Kier alpha value is -2.03. The molecule has 2 rings (SSSR count). The van der Waals surface area contributed by atoms with Gasteiger partial charge in [-0.3, -0.25) is 14.2 Å². The van der Waals surface area contributed by atoms with Gasteiger partial charge in [-0.2, -0.15) is 23.4 Å². The standard InChI is InChI=1S/C16H21ClF3N5O/c1-10-9-11(2)24(22-10)7-4-6-21-13(26)5-8-25-12(3)14(17)15(23-25)16(18,19)20/h9H,4-8H2,1-3H3,(H,21,26). The van der Waals surface area contributed by atoms with Gasteiger partial charge >= 0.3 is 6.18 Å². The first-order valence-electron chi connectivity index (χ1n) is 8.17. The average molecular weight is 392 g/mol. The second-order valence-electron chi connectivity index (χ2n) is 6.07. The topological polar surface area (TPSA) is 64.7 Å². The fourth-order valence-electron chi connectivity index (χ4n) is 2.58. The molecule has 2 aromatic heterocycles. The van der Waals surface area contributed by atoms with E-state index in [1.54, 1.807) is 0 Å². The van der Waals surface area contributed by atoms with E-state index < -0.39 is 16.9 Å². The van der Waals surface area contributed by atoms with Crippen LogP contribution in [-0.4, -0.2) is 32.0 Å². The molecule has 6 nitrogen and oxygen atoms in total. The lowest BCUT2D eigenvalue weighted by Gasteiger charge is -2.08. The molecule has 0 fully saturated rings. The van der Waals surface area contributed by atoms with Crippen molar-refractivity contribution in [2.75, 3.05) is 6.54 Å². The van der Waals surface area contributed by atoms with Gasteiger partial charge in [-0.05, 0) is 33.3 Å². The number of nitrogens with zero attached hydrogens (tertiary/aromatic N) is 4. The smallest absolute Gasteiger partial charge is 0.356 e. The summed E-state index contributed by atoms with van der Waals surface area (Å²) in [7, 11) is 0. The van der Waals surface area contributed by atoms with Crippen LogP contribution in [-0.2, 0) is 24.1 Å². The number of amides is 1. The second-order valence-corrected chi connectivity index (χ2v) is 6.45. The minimum atomic E-state index is -4.61. The van der Waals surface area contributed by atoms with Crippen LogP contribution >= 0.6 is 11.6 Å². The van der Waals surface area contributed by atoms with E-state index in [0.717, 1.165) is 16.1 Å². The maximum atomic E-state index is 12.8. The number of aryl methyl sites for hydroxylation is 4. The first-order valence-corrected chi connectivity index (χ1v) is 8.55. The molecule has 0 aliphatic carbocycles. The summed E-state index contributed by atoms with van der Waals surface area (Å²) < 4.78 is 41.3. The van der Waals surface area contributed by atoms with Crippen LogP contribution in [0.25, 0.3) is 0 Å². The van der Waals surface area contributed by atoms with Crippen molar-refractivity contribution in [2.45, 2.75) is 52.9 Å². The fourth-order valence-corrected chi connectivity index (χ4v) is 2.82. The van der Waals surface area contributed by atoms with Gasteiger partial charge in [-0.25, -0.2) is 0 Å². The number of halogens is 4. The molecule has 10 heteroatoms. The zero-order valence-corrected chi connectivity index (χ0v) is 15.6. The minimum absolute atomic E-state index is 0.0239. The summed E-state index contributed by atoms with van der Waals surface area (Å²) in [4.78, 5) is 11.9. The summed E-state index contributed by atoms with van der Waals surface area (Å²) in [5.74, 6) is -0.252. The van der Waals surface area contributed by atoms with Gasteiger partial charge in [0.15, 0.2) is 5.69 Å². The van der Waals surface area contributed by atoms with Crippen LogP contribution in [0.2, 0.25) is 5.02 Å². The molecule has 2 heterocycles. The Morgan fingerprint density at radius 1 is 1.19 bits per heavy atom. The summed E-state index contributed by atoms with van der Waals surface area (Å²) >= 11 is 5.68. The van der Waals surface area contributed by atoms with Gasteiger partial charge in [-0.1, -0.05) is 11.6 Å². The van der Waals surface area contributed by atoms with Crippen molar-refractivity contribution in [1.29, 1.82) is 0 Å².